The number of nitrogens with zero attached hydrogens (tertiary/aromatic N) is 1. The van der Waals surface area contributed by atoms with Gasteiger partial charge >= 0.3 is 0 Å². The van der Waals surface area contributed by atoms with Crippen LogP contribution in [0.25, 0.3) is 0 Å². The molecule has 100 valence electrons. The summed E-state index contributed by atoms with van der Waals surface area (Å²) in [6, 6.07) is 5.69. The highest BCUT2D eigenvalue weighted by Crippen LogP contribution is 2.19. The van der Waals surface area contributed by atoms with Crippen LogP contribution < -0.4 is 10.6 Å². The normalized spacial score (nSPS) is 11.9. The van der Waals surface area contributed by atoms with Gasteiger partial charge < -0.3 is 10.6 Å². The van der Waals surface area contributed by atoms with Crippen LogP contribution in [0.1, 0.15) is 33.9 Å². The topological polar surface area (TPSA) is 54.0 Å². The van der Waals surface area contributed by atoms with Crippen molar-refractivity contribution in [3.05, 3.63) is 45.9 Å². The Morgan fingerprint density at radius 2 is 2.21 bits per heavy atom. The maximum absolute atomic E-state index is 12.3. The largest absolute Gasteiger partial charge is 0.387 e. The highest BCUT2D eigenvalue weighted by molar-refractivity contribution is 7.09. The molecule has 1 aromatic heterocycles. The molecule has 0 spiro atoms. The van der Waals surface area contributed by atoms with Gasteiger partial charge in [-0.05, 0) is 26.0 Å². The Bertz CT molecular complexity index is 566. The lowest BCUT2D eigenvalue weighted by atomic mass is 10.1. The van der Waals surface area contributed by atoms with Crippen molar-refractivity contribution in [2.24, 2.45) is 0 Å². The molecular weight excluding hydrogens is 258 g/mol. The first kappa shape index (κ1) is 13.5. The summed E-state index contributed by atoms with van der Waals surface area (Å²) in [6.45, 7) is 3.91. The molecule has 1 aromatic carbocycles. The van der Waals surface area contributed by atoms with E-state index >= 15 is 0 Å². The minimum Gasteiger partial charge on any atom is -0.387 e. The molecule has 2 rings (SSSR count). The number of carbonyl (C=O) groups excluding carboxylic acids is 1. The zero-order valence-electron chi connectivity index (χ0n) is 11.2. The van der Waals surface area contributed by atoms with Gasteiger partial charge in [-0.1, -0.05) is 11.6 Å². The average molecular weight is 275 g/mol. The van der Waals surface area contributed by atoms with Crippen LogP contribution in [-0.2, 0) is 0 Å². The fourth-order valence-corrected chi connectivity index (χ4v) is 2.49. The lowest BCUT2D eigenvalue weighted by Crippen LogP contribution is -2.27. The molecule has 1 heterocycles. The Labute approximate surface area is 116 Å². The highest BCUT2D eigenvalue weighted by Gasteiger charge is 2.15. The van der Waals surface area contributed by atoms with E-state index in [9.17, 15) is 4.79 Å². The first-order valence-electron chi connectivity index (χ1n) is 6.10. The number of thiazole rings is 1. The molecule has 0 fully saturated rings. The van der Waals surface area contributed by atoms with Crippen LogP contribution in [0.5, 0.6) is 0 Å². The molecule has 1 atom stereocenters. The van der Waals surface area contributed by atoms with E-state index in [0.29, 0.717) is 5.56 Å². The minimum atomic E-state index is -0.0873. The minimum absolute atomic E-state index is 0.0854. The van der Waals surface area contributed by atoms with Crippen LogP contribution in [0, 0.1) is 6.92 Å². The summed E-state index contributed by atoms with van der Waals surface area (Å²) >= 11 is 1.54. The van der Waals surface area contributed by atoms with E-state index in [4.69, 9.17) is 0 Å². The molecule has 0 bridgehead atoms. The van der Waals surface area contributed by atoms with Crippen LogP contribution in [0.2, 0.25) is 0 Å². The second-order valence-electron chi connectivity index (χ2n) is 4.36. The van der Waals surface area contributed by atoms with E-state index in [2.05, 4.69) is 15.6 Å². The zero-order valence-corrected chi connectivity index (χ0v) is 12.0. The van der Waals surface area contributed by atoms with Gasteiger partial charge in [0.05, 0.1) is 11.6 Å². The molecule has 0 aliphatic carbocycles. The van der Waals surface area contributed by atoms with Crippen LogP contribution >= 0.6 is 11.3 Å². The summed E-state index contributed by atoms with van der Waals surface area (Å²) in [5.41, 5.74) is 2.55. The van der Waals surface area contributed by atoms with Crippen LogP contribution in [0.15, 0.2) is 29.8 Å². The van der Waals surface area contributed by atoms with Crippen molar-refractivity contribution in [3.63, 3.8) is 0 Å². The monoisotopic (exact) mass is 275 g/mol. The third kappa shape index (κ3) is 3.12. The first-order valence-corrected chi connectivity index (χ1v) is 6.98. The van der Waals surface area contributed by atoms with Crippen molar-refractivity contribution < 1.29 is 4.79 Å². The van der Waals surface area contributed by atoms with E-state index in [1.807, 2.05) is 44.5 Å². The van der Waals surface area contributed by atoms with E-state index in [0.717, 1.165) is 16.3 Å². The molecule has 0 saturated carbocycles. The molecule has 19 heavy (non-hydrogen) atoms. The molecule has 1 unspecified atom stereocenters. The quantitative estimate of drug-likeness (QED) is 0.902. The van der Waals surface area contributed by atoms with Gasteiger partial charge in [-0.3, -0.25) is 4.79 Å². The number of benzene rings is 1. The zero-order chi connectivity index (χ0) is 13.8. The number of hydrogen-bond acceptors (Lipinski definition) is 4. The summed E-state index contributed by atoms with van der Waals surface area (Å²) in [5.74, 6) is -0.0873. The predicted molar refractivity (Wildman–Crippen MR) is 78.7 cm³/mol. The van der Waals surface area contributed by atoms with Gasteiger partial charge in [0.1, 0.15) is 5.01 Å². The van der Waals surface area contributed by atoms with Gasteiger partial charge in [-0.2, -0.15) is 0 Å². The standard InChI is InChI=1S/C14H17N3OS/c1-9-4-5-12(15-3)11(8-9)13(18)17-10(2)14-16-6-7-19-14/h4-8,10,15H,1-3H3,(H,17,18). The van der Waals surface area contributed by atoms with Gasteiger partial charge in [0, 0.05) is 24.3 Å². The number of hydrogen-bond donors (Lipinski definition) is 2. The molecule has 1 amide bonds. The number of carbonyl (C=O) groups is 1. The average Bonchev–Trinajstić information content (AvgIpc) is 2.92. The summed E-state index contributed by atoms with van der Waals surface area (Å²) < 4.78 is 0. The molecule has 0 saturated heterocycles. The summed E-state index contributed by atoms with van der Waals surface area (Å²) in [5, 5.41) is 8.82. The summed E-state index contributed by atoms with van der Waals surface area (Å²) in [7, 11) is 1.81. The van der Waals surface area contributed by atoms with Gasteiger partial charge in [0.2, 0.25) is 0 Å². The maximum Gasteiger partial charge on any atom is 0.253 e. The van der Waals surface area contributed by atoms with Crippen LogP contribution in [-0.4, -0.2) is 17.9 Å². The van der Waals surface area contributed by atoms with Gasteiger partial charge in [0.15, 0.2) is 0 Å². The lowest BCUT2D eigenvalue weighted by molar-refractivity contribution is 0.0940. The smallest absolute Gasteiger partial charge is 0.253 e. The number of anilines is 1. The fraction of sp³-hybridized carbons (Fsp3) is 0.286. The van der Waals surface area contributed by atoms with E-state index in [1.54, 1.807) is 6.20 Å². The molecule has 0 aliphatic rings. The Hall–Kier alpha value is -1.88. The Kier molecular flexibility index (Phi) is 4.16. The summed E-state index contributed by atoms with van der Waals surface area (Å²) in [6.07, 6.45) is 1.74. The molecule has 5 heteroatoms. The van der Waals surface area contributed by atoms with Crippen molar-refractivity contribution in [1.29, 1.82) is 0 Å². The van der Waals surface area contributed by atoms with Gasteiger partial charge in [-0.25, -0.2) is 4.98 Å². The maximum atomic E-state index is 12.3. The molecule has 0 aliphatic heterocycles. The van der Waals surface area contributed by atoms with E-state index in [-0.39, 0.29) is 11.9 Å². The number of amides is 1. The number of aromatic nitrogens is 1. The second-order valence-corrected chi connectivity index (χ2v) is 5.29. The van der Waals surface area contributed by atoms with E-state index < -0.39 is 0 Å². The summed E-state index contributed by atoms with van der Waals surface area (Å²) in [4.78, 5) is 16.5. The van der Waals surface area contributed by atoms with Gasteiger partial charge in [0.25, 0.3) is 5.91 Å². The number of nitrogens with one attached hydrogen (secondary N) is 2. The highest BCUT2D eigenvalue weighted by atomic mass is 32.1. The molecule has 0 radical (unpaired) electrons. The third-order valence-electron chi connectivity index (χ3n) is 2.86. The molecule has 2 N–H and O–H groups in total. The Morgan fingerprint density at radius 1 is 1.42 bits per heavy atom. The van der Waals surface area contributed by atoms with Crippen molar-refractivity contribution in [2.75, 3.05) is 12.4 Å². The SMILES string of the molecule is CNc1ccc(C)cc1C(=O)NC(C)c1nccs1. The molecule has 2 aromatic rings. The van der Waals surface area contributed by atoms with Crippen LogP contribution in [0.3, 0.4) is 0 Å². The van der Waals surface area contributed by atoms with Gasteiger partial charge in [-0.15, -0.1) is 11.3 Å². The van der Waals surface area contributed by atoms with E-state index in [1.165, 1.54) is 11.3 Å². The Balaban J connectivity index is 2.18. The van der Waals surface area contributed by atoms with Crippen LogP contribution in [0.4, 0.5) is 5.69 Å². The fourth-order valence-electron chi connectivity index (χ4n) is 1.85. The first-order chi connectivity index (χ1) is 9.11. The molecule has 4 nitrogen and oxygen atoms in total. The van der Waals surface area contributed by atoms with Crippen molar-refractivity contribution >= 4 is 22.9 Å². The predicted octanol–water partition coefficient (Wildman–Crippen LogP) is 2.98. The lowest BCUT2D eigenvalue weighted by Gasteiger charge is -2.14. The Morgan fingerprint density at radius 3 is 2.84 bits per heavy atom. The number of rotatable bonds is 4. The second kappa shape index (κ2) is 5.84. The van der Waals surface area contributed by atoms with Crippen molar-refractivity contribution in [2.45, 2.75) is 19.9 Å². The molecular formula is C14H17N3OS. The number of aryl methyl sites for hydroxylation is 1. The third-order valence-corrected chi connectivity index (χ3v) is 3.82. The van der Waals surface area contributed by atoms with Crippen molar-refractivity contribution in [3.8, 4) is 0 Å². The van der Waals surface area contributed by atoms with Crippen molar-refractivity contribution in [1.82, 2.24) is 10.3 Å².